The summed E-state index contributed by atoms with van der Waals surface area (Å²) in [5.41, 5.74) is 2.36. The smallest absolute Gasteiger partial charge is 0.191 e. The summed E-state index contributed by atoms with van der Waals surface area (Å²) in [6.45, 7) is 3.31. The van der Waals surface area contributed by atoms with Crippen LogP contribution in [-0.2, 0) is 29.2 Å². The van der Waals surface area contributed by atoms with Crippen LogP contribution in [0.25, 0.3) is 0 Å². The van der Waals surface area contributed by atoms with E-state index in [1.165, 1.54) is 11.1 Å². The van der Waals surface area contributed by atoms with E-state index in [0.29, 0.717) is 26.4 Å². The van der Waals surface area contributed by atoms with E-state index in [9.17, 15) is 0 Å². The van der Waals surface area contributed by atoms with Gasteiger partial charge in [-0.25, -0.2) is 0 Å². The first-order valence-electron chi connectivity index (χ1n) is 8.43. The molecule has 6 heteroatoms. The van der Waals surface area contributed by atoms with Crippen LogP contribution < -0.4 is 10.6 Å². The van der Waals surface area contributed by atoms with E-state index in [0.717, 1.165) is 24.7 Å². The lowest BCUT2D eigenvalue weighted by Crippen LogP contribution is -2.37. The van der Waals surface area contributed by atoms with Crippen molar-refractivity contribution in [2.45, 2.75) is 26.2 Å². The van der Waals surface area contributed by atoms with Gasteiger partial charge in [0.2, 0.25) is 0 Å². The number of nitrogens with zero attached hydrogens (tertiary/aromatic N) is 1. The molecule has 2 rings (SSSR count). The molecule has 2 aromatic rings. The molecule has 0 aliphatic heterocycles. The van der Waals surface area contributed by atoms with Crippen LogP contribution in [0.3, 0.4) is 0 Å². The van der Waals surface area contributed by atoms with Crippen molar-refractivity contribution < 1.29 is 13.9 Å². The van der Waals surface area contributed by atoms with Crippen molar-refractivity contribution in [3.8, 4) is 0 Å². The van der Waals surface area contributed by atoms with Crippen molar-refractivity contribution in [3.63, 3.8) is 0 Å². The predicted molar refractivity (Wildman–Crippen MR) is 98.3 cm³/mol. The molecule has 0 saturated heterocycles. The summed E-state index contributed by atoms with van der Waals surface area (Å²) in [6.07, 6.45) is 2.55. The second kappa shape index (κ2) is 11.3. The molecule has 0 atom stereocenters. The van der Waals surface area contributed by atoms with Crippen LogP contribution in [0.5, 0.6) is 0 Å². The van der Waals surface area contributed by atoms with Gasteiger partial charge in [-0.05, 0) is 29.7 Å². The number of methoxy groups -OCH3 is 1. The van der Waals surface area contributed by atoms with E-state index in [-0.39, 0.29) is 0 Å². The van der Waals surface area contributed by atoms with Gasteiger partial charge in [0.1, 0.15) is 12.4 Å². The zero-order chi connectivity index (χ0) is 17.7. The average molecular weight is 345 g/mol. The molecule has 25 heavy (non-hydrogen) atoms. The van der Waals surface area contributed by atoms with Crippen molar-refractivity contribution in [3.05, 3.63) is 59.5 Å². The first kappa shape index (κ1) is 19.0. The average Bonchev–Trinajstić information content (AvgIpc) is 3.14. The van der Waals surface area contributed by atoms with Crippen molar-refractivity contribution in [1.82, 2.24) is 10.6 Å². The highest BCUT2D eigenvalue weighted by molar-refractivity contribution is 5.79. The van der Waals surface area contributed by atoms with Crippen molar-refractivity contribution >= 4 is 5.96 Å². The fourth-order valence-corrected chi connectivity index (χ4v) is 2.35. The van der Waals surface area contributed by atoms with Crippen LogP contribution in [0, 0.1) is 0 Å². The molecule has 1 aromatic heterocycles. The maximum Gasteiger partial charge on any atom is 0.191 e. The molecule has 0 amide bonds. The summed E-state index contributed by atoms with van der Waals surface area (Å²) < 4.78 is 15.9. The third-order valence-electron chi connectivity index (χ3n) is 3.57. The third-order valence-corrected chi connectivity index (χ3v) is 3.57. The highest BCUT2D eigenvalue weighted by Crippen LogP contribution is 2.06. The van der Waals surface area contributed by atoms with E-state index in [1.807, 2.05) is 18.2 Å². The SMILES string of the molecule is CN=C(NCCCOCc1ccco1)NCc1cccc(COC)c1. The number of ether oxygens (including phenoxy) is 2. The zero-order valence-electron chi connectivity index (χ0n) is 15.0. The van der Waals surface area contributed by atoms with Crippen LogP contribution in [-0.4, -0.2) is 33.3 Å². The molecule has 6 nitrogen and oxygen atoms in total. The molecular weight excluding hydrogens is 318 g/mol. The van der Waals surface area contributed by atoms with Crippen LogP contribution in [0.2, 0.25) is 0 Å². The number of benzene rings is 1. The van der Waals surface area contributed by atoms with Gasteiger partial charge in [0.15, 0.2) is 5.96 Å². The van der Waals surface area contributed by atoms with Crippen LogP contribution in [0.4, 0.5) is 0 Å². The monoisotopic (exact) mass is 345 g/mol. The lowest BCUT2D eigenvalue weighted by atomic mass is 10.1. The Kier molecular flexibility index (Phi) is 8.58. The lowest BCUT2D eigenvalue weighted by molar-refractivity contribution is 0.105. The Balaban J connectivity index is 1.61. The van der Waals surface area contributed by atoms with E-state index >= 15 is 0 Å². The topological polar surface area (TPSA) is 68.0 Å². The standard InChI is InChI=1S/C19H27N3O3/c1-20-19(21-9-5-10-24-15-18-8-4-11-25-18)22-13-16-6-3-7-17(12-16)14-23-2/h3-4,6-8,11-12H,5,9-10,13-15H2,1-2H3,(H2,20,21,22). The fourth-order valence-electron chi connectivity index (χ4n) is 2.35. The summed E-state index contributed by atoms with van der Waals surface area (Å²) in [6, 6.07) is 12.1. The lowest BCUT2D eigenvalue weighted by Gasteiger charge is -2.12. The Bertz CT molecular complexity index is 627. The Morgan fingerprint density at radius 2 is 2.00 bits per heavy atom. The molecule has 1 aromatic carbocycles. The van der Waals surface area contributed by atoms with Gasteiger partial charge < -0.3 is 24.5 Å². The second-order valence-corrected chi connectivity index (χ2v) is 5.59. The normalized spacial score (nSPS) is 11.5. The van der Waals surface area contributed by atoms with Gasteiger partial charge in [-0.15, -0.1) is 0 Å². The number of furan rings is 1. The predicted octanol–water partition coefficient (Wildman–Crippen LogP) is 2.70. The van der Waals surface area contributed by atoms with Gasteiger partial charge in [0, 0.05) is 33.9 Å². The van der Waals surface area contributed by atoms with Crippen molar-refractivity contribution in [2.75, 3.05) is 27.3 Å². The van der Waals surface area contributed by atoms with E-state index in [4.69, 9.17) is 13.9 Å². The highest BCUT2D eigenvalue weighted by atomic mass is 16.5. The van der Waals surface area contributed by atoms with E-state index in [2.05, 4.69) is 33.8 Å². The summed E-state index contributed by atoms with van der Waals surface area (Å²) in [7, 11) is 3.47. The first-order chi connectivity index (χ1) is 12.3. The molecule has 0 fully saturated rings. The highest BCUT2D eigenvalue weighted by Gasteiger charge is 2.00. The quantitative estimate of drug-likeness (QED) is 0.394. The maximum absolute atomic E-state index is 5.55. The number of nitrogens with one attached hydrogen (secondary N) is 2. The van der Waals surface area contributed by atoms with Gasteiger partial charge in [-0.3, -0.25) is 4.99 Å². The van der Waals surface area contributed by atoms with Crippen LogP contribution in [0.1, 0.15) is 23.3 Å². The summed E-state index contributed by atoms with van der Waals surface area (Å²) in [5, 5.41) is 6.59. The molecule has 0 spiro atoms. The maximum atomic E-state index is 5.55. The largest absolute Gasteiger partial charge is 0.467 e. The minimum atomic E-state index is 0.512. The third kappa shape index (κ3) is 7.41. The van der Waals surface area contributed by atoms with E-state index < -0.39 is 0 Å². The molecule has 0 aliphatic rings. The number of rotatable bonds is 10. The number of guanidine groups is 1. The second-order valence-electron chi connectivity index (χ2n) is 5.59. The van der Waals surface area contributed by atoms with E-state index in [1.54, 1.807) is 20.4 Å². The Hall–Kier alpha value is -2.31. The number of hydrogen-bond acceptors (Lipinski definition) is 4. The van der Waals surface area contributed by atoms with Crippen molar-refractivity contribution in [1.29, 1.82) is 0 Å². The summed E-state index contributed by atoms with van der Waals surface area (Å²) in [5.74, 6) is 1.63. The molecule has 0 unspecified atom stereocenters. The van der Waals surface area contributed by atoms with Gasteiger partial charge >= 0.3 is 0 Å². The van der Waals surface area contributed by atoms with Gasteiger partial charge in [0.05, 0.1) is 12.9 Å². The molecule has 136 valence electrons. The molecule has 1 heterocycles. The summed E-state index contributed by atoms with van der Waals surface area (Å²) in [4.78, 5) is 4.23. The fraction of sp³-hybridized carbons (Fsp3) is 0.421. The van der Waals surface area contributed by atoms with Gasteiger partial charge in [0.25, 0.3) is 0 Å². The molecular formula is C19H27N3O3. The Labute approximate surface area is 149 Å². The molecule has 0 radical (unpaired) electrons. The van der Waals surface area contributed by atoms with Crippen LogP contribution in [0.15, 0.2) is 52.1 Å². The number of aliphatic imine (C=N–C) groups is 1. The summed E-state index contributed by atoms with van der Waals surface area (Å²) >= 11 is 0. The van der Waals surface area contributed by atoms with Crippen molar-refractivity contribution in [2.24, 2.45) is 4.99 Å². The Morgan fingerprint density at radius 3 is 2.76 bits per heavy atom. The van der Waals surface area contributed by atoms with Gasteiger partial charge in [-0.2, -0.15) is 0 Å². The first-order valence-corrected chi connectivity index (χ1v) is 8.43. The molecule has 0 aliphatic carbocycles. The minimum absolute atomic E-state index is 0.512. The molecule has 2 N–H and O–H groups in total. The number of hydrogen-bond donors (Lipinski definition) is 2. The molecule has 0 bridgehead atoms. The minimum Gasteiger partial charge on any atom is -0.467 e. The molecule has 0 saturated carbocycles. The van der Waals surface area contributed by atoms with Crippen LogP contribution >= 0.6 is 0 Å². The van der Waals surface area contributed by atoms with Gasteiger partial charge in [-0.1, -0.05) is 24.3 Å². The Morgan fingerprint density at radius 1 is 1.12 bits per heavy atom. The zero-order valence-corrected chi connectivity index (χ0v) is 15.0.